The van der Waals surface area contributed by atoms with Crippen molar-refractivity contribution < 1.29 is 14.2 Å². The summed E-state index contributed by atoms with van der Waals surface area (Å²) in [4.78, 5) is 0. The van der Waals surface area contributed by atoms with Gasteiger partial charge in [-0.2, -0.15) is 0 Å². The van der Waals surface area contributed by atoms with Crippen LogP contribution in [0.4, 0.5) is 0 Å². The second-order valence-corrected chi connectivity index (χ2v) is 6.13. The van der Waals surface area contributed by atoms with Crippen molar-refractivity contribution in [3.8, 4) is 0 Å². The van der Waals surface area contributed by atoms with E-state index in [1.807, 2.05) is 18.2 Å². The molecule has 4 fully saturated rings. The van der Waals surface area contributed by atoms with E-state index < -0.39 is 5.79 Å². The van der Waals surface area contributed by atoms with Gasteiger partial charge in [0.15, 0.2) is 6.29 Å². The summed E-state index contributed by atoms with van der Waals surface area (Å²) in [5.41, 5.74) is 1.13. The van der Waals surface area contributed by atoms with Gasteiger partial charge >= 0.3 is 0 Å². The van der Waals surface area contributed by atoms with Crippen molar-refractivity contribution in [2.75, 3.05) is 0 Å². The van der Waals surface area contributed by atoms with Gasteiger partial charge in [0.1, 0.15) is 0 Å². The molecule has 0 aliphatic carbocycles. The molecule has 4 aliphatic heterocycles. The molecule has 4 bridgehead atoms. The highest BCUT2D eigenvalue weighted by Crippen LogP contribution is 2.57. The molecule has 1 aromatic carbocycles. The van der Waals surface area contributed by atoms with Gasteiger partial charge < -0.3 is 14.2 Å². The molecule has 5 atom stereocenters. The van der Waals surface area contributed by atoms with E-state index in [9.17, 15) is 0 Å². The van der Waals surface area contributed by atoms with E-state index in [1.54, 1.807) is 0 Å². The summed E-state index contributed by atoms with van der Waals surface area (Å²) in [6.07, 6.45) is 1.67. The van der Waals surface area contributed by atoms with Gasteiger partial charge in [-0.3, -0.25) is 0 Å². The topological polar surface area (TPSA) is 27.7 Å². The van der Waals surface area contributed by atoms with Gasteiger partial charge in [-0.05, 0) is 0 Å². The standard InChI is InChI=1S/C12H13O3P/c1-2-4-8(5-3-1)12-7-11-13-9(14-12)6-10(15-12)16-11/h1-5,9-11,16H,6-7H2. The van der Waals surface area contributed by atoms with E-state index >= 15 is 0 Å². The van der Waals surface area contributed by atoms with Gasteiger partial charge in [0, 0.05) is 18.4 Å². The first-order chi connectivity index (χ1) is 7.84. The van der Waals surface area contributed by atoms with Crippen LogP contribution in [-0.4, -0.2) is 18.0 Å². The van der Waals surface area contributed by atoms with E-state index in [1.165, 1.54) is 0 Å². The molecule has 1 aromatic rings. The quantitative estimate of drug-likeness (QED) is 0.700. The molecule has 3 nitrogen and oxygen atoms in total. The minimum atomic E-state index is -0.525. The van der Waals surface area contributed by atoms with Crippen LogP contribution in [0.1, 0.15) is 18.4 Å². The highest BCUT2D eigenvalue weighted by atomic mass is 31.1. The van der Waals surface area contributed by atoms with E-state index in [-0.39, 0.29) is 6.29 Å². The van der Waals surface area contributed by atoms with Gasteiger partial charge in [-0.1, -0.05) is 38.9 Å². The minimum absolute atomic E-state index is 0.0565. The van der Waals surface area contributed by atoms with Crippen LogP contribution in [0, 0.1) is 0 Å². The van der Waals surface area contributed by atoms with E-state index in [2.05, 4.69) is 12.1 Å². The van der Waals surface area contributed by atoms with Crippen molar-refractivity contribution in [1.82, 2.24) is 0 Å². The van der Waals surface area contributed by atoms with Gasteiger partial charge in [-0.15, -0.1) is 0 Å². The van der Waals surface area contributed by atoms with Crippen molar-refractivity contribution in [3.05, 3.63) is 35.9 Å². The van der Waals surface area contributed by atoms with Crippen molar-refractivity contribution in [1.29, 1.82) is 0 Å². The Morgan fingerprint density at radius 2 is 2.00 bits per heavy atom. The fraction of sp³-hybridized carbons (Fsp3) is 0.500. The first-order valence-electron chi connectivity index (χ1n) is 5.67. The molecule has 4 heteroatoms. The number of hydrogen-bond acceptors (Lipinski definition) is 3. The Morgan fingerprint density at radius 1 is 1.12 bits per heavy atom. The molecule has 4 aliphatic rings. The summed E-state index contributed by atoms with van der Waals surface area (Å²) < 4.78 is 17.8. The molecular formula is C12H13O3P. The first kappa shape index (κ1) is 9.55. The lowest BCUT2D eigenvalue weighted by Gasteiger charge is -2.55. The summed E-state index contributed by atoms with van der Waals surface area (Å²) in [5, 5.41) is 0. The Hall–Kier alpha value is -0.470. The zero-order chi connectivity index (χ0) is 10.6. The lowest BCUT2D eigenvalue weighted by atomic mass is 10.00. The fourth-order valence-corrected chi connectivity index (χ4v) is 4.37. The lowest BCUT2D eigenvalue weighted by molar-refractivity contribution is -0.410. The van der Waals surface area contributed by atoms with Crippen LogP contribution < -0.4 is 0 Å². The van der Waals surface area contributed by atoms with Gasteiger partial charge in [-0.25, -0.2) is 0 Å². The number of hydrogen-bond donors (Lipinski definition) is 0. The van der Waals surface area contributed by atoms with Gasteiger partial charge in [0.2, 0.25) is 5.79 Å². The zero-order valence-electron chi connectivity index (χ0n) is 8.76. The number of ether oxygens (including phenoxy) is 3. The SMILES string of the molecule is c1ccc(C23CC4OC(CC(O2)P4)O3)cc1. The molecule has 16 heavy (non-hydrogen) atoms. The summed E-state index contributed by atoms with van der Waals surface area (Å²) in [6.45, 7) is 0. The fourth-order valence-electron chi connectivity index (χ4n) is 2.75. The van der Waals surface area contributed by atoms with Crippen LogP contribution in [-0.2, 0) is 20.0 Å². The highest BCUT2D eigenvalue weighted by Gasteiger charge is 2.55. The Balaban J connectivity index is 1.77. The van der Waals surface area contributed by atoms with Gasteiger partial charge in [0.05, 0.1) is 11.7 Å². The summed E-state index contributed by atoms with van der Waals surface area (Å²) in [7, 11) is 0.771. The second kappa shape index (κ2) is 3.27. The van der Waals surface area contributed by atoms with Gasteiger partial charge in [0.25, 0.3) is 0 Å². The lowest BCUT2D eigenvalue weighted by Crippen LogP contribution is -2.56. The molecule has 0 saturated carbocycles. The minimum Gasteiger partial charge on any atom is -0.345 e. The Bertz CT molecular complexity index is 371. The Morgan fingerprint density at radius 3 is 2.75 bits per heavy atom. The van der Waals surface area contributed by atoms with Crippen molar-refractivity contribution in [3.63, 3.8) is 0 Å². The average Bonchev–Trinajstić information content (AvgIpc) is 2.28. The van der Waals surface area contributed by atoms with Crippen molar-refractivity contribution in [2.45, 2.75) is 36.6 Å². The van der Waals surface area contributed by atoms with Crippen LogP contribution in [0.15, 0.2) is 30.3 Å². The maximum Gasteiger partial charge on any atom is 0.201 e. The largest absolute Gasteiger partial charge is 0.345 e. The van der Waals surface area contributed by atoms with Crippen molar-refractivity contribution in [2.24, 2.45) is 0 Å². The van der Waals surface area contributed by atoms with E-state index in [0.29, 0.717) is 11.7 Å². The van der Waals surface area contributed by atoms with Crippen molar-refractivity contribution >= 4 is 8.58 Å². The van der Waals surface area contributed by atoms with E-state index in [0.717, 1.165) is 27.0 Å². The summed E-state index contributed by atoms with van der Waals surface area (Å²) >= 11 is 0. The molecule has 0 spiro atoms. The average molecular weight is 236 g/mol. The molecule has 84 valence electrons. The summed E-state index contributed by atoms with van der Waals surface area (Å²) in [5.74, 6) is 0.154. The number of benzene rings is 1. The summed E-state index contributed by atoms with van der Waals surface area (Å²) in [6, 6.07) is 10.2. The monoisotopic (exact) mass is 236 g/mol. The third kappa shape index (κ3) is 1.29. The molecule has 5 unspecified atom stereocenters. The first-order valence-corrected chi connectivity index (χ1v) is 6.82. The zero-order valence-corrected chi connectivity index (χ0v) is 9.76. The molecular weight excluding hydrogens is 223 g/mol. The number of rotatable bonds is 1. The normalized spacial score (nSPS) is 46.4. The second-order valence-electron chi connectivity index (χ2n) is 4.50. The predicted octanol–water partition coefficient (Wildman–Crippen LogP) is 2.37. The van der Waals surface area contributed by atoms with Crippen LogP contribution in [0.2, 0.25) is 0 Å². The van der Waals surface area contributed by atoms with Crippen LogP contribution in [0.5, 0.6) is 0 Å². The maximum absolute atomic E-state index is 6.11. The molecule has 0 aromatic heterocycles. The third-order valence-corrected chi connectivity index (χ3v) is 4.85. The molecule has 0 radical (unpaired) electrons. The Kier molecular flexibility index (Phi) is 1.95. The Labute approximate surface area is 95.9 Å². The van der Waals surface area contributed by atoms with Crippen LogP contribution >= 0.6 is 8.58 Å². The molecule has 5 rings (SSSR count). The predicted molar refractivity (Wildman–Crippen MR) is 60.3 cm³/mol. The molecule has 4 heterocycles. The maximum atomic E-state index is 6.11. The van der Waals surface area contributed by atoms with Crippen LogP contribution in [0.3, 0.4) is 0 Å². The smallest absolute Gasteiger partial charge is 0.201 e. The van der Waals surface area contributed by atoms with Crippen LogP contribution in [0.25, 0.3) is 0 Å². The third-order valence-electron chi connectivity index (χ3n) is 3.42. The van der Waals surface area contributed by atoms with E-state index in [4.69, 9.17) is 14.2 Å². The highest BCUT2D eigenvalue weighted by molar-refractivity contribution is 7.39. The molecule has 0 N–H and O–H groups in total. The molecule has 4 saturated heterocycles. The molecule has 0 amide bonds.